The molecule has 1 atom stereocenters. The zero-order valence-corrected chi connectivity index (χ0v) is 12.0. The molecule has 1 aromatic rings. The highest BCUT2D eigenvalue weighted by Crippen LogP contribution is 2.27. The molecule has 1 aromatic carbocycles. The third-order valence-corrected chi connectivity index (χ3v) is 3.53. The Morgan fingerprint density at radius 3 is 2.83 bits per heavy atom. The van der Waals surface area contributed by atoms with Gasteiger partial charge in [-0.3, -0.25) is 4.90 Å². The van der Waals surface area contributed by atoms with Crippen molar-refractivity contribution in [2.75, 3.05) is 18.8 Å². The third kappa shape index (κ3) is 3.16. The number of hydrogen-bond donors (Lipinski definition) is 1. The van der Waals surface area contributed by atoms with Crippen LogP contribution in [-0.4, -0.2) is 29.7 Å². The number of anilines is 1. The number of hydrogen-bond acceptors (Lipinski definition) is 3. The van der Waals surface area contributed by atoms with Crippen molar-refractivity contribution >= 4 is 17.3 Å². The van der Waals surface area contributed by atoms with Gasteiger partial charge in [-0.05, 0) is 32.9 Å². The molecule has 0 aliphatic carbocycles. The van der Waals surface area contributed by atoms with Crippen LogP contribution in [0.1, 0.15) is 26.3 Å². The van der Waals surface area contributed by atoms with E-state index in [9.17, 15) is 0 Å². The summed E-state index contributed by atoms with van der Waals surface area (Å²) in [4.78, 5) is 2.35. The molecule has 3 nitrogen and oxygen atoms in total. The predicted octanol–water partition coefficient (Wildman–Crippen LogP) is 2.92. The van der Waals surface area contributed by atoms with Crippen LogP contribution in [0.25, 0.3) is 0 Å². The summed E-state index contributed by atoms with van der Waals surface area (Å²) >= 11 is 6.22. The highest BCUT2D eigenvalue weighted by Gasteiger charge is 2.31. The second-order valence-electron chi connectivity index (χ2n) is 5.67. The Morgan fingerprint density at radius 2 is 2.22 bits per heavy atom. The highest BCUT2D eigenvalue weighted by atomic mass is 35.5. The SMILES string of the molecule is CC1CN(Cc2c(N)cccc2Cl)CC(C)(C)O1. The van der Waals surface area contributed by atoms with Crippen molar-refractivity contribution in [3.05, 3.63) is 28.8 Å². The van der Waals surface area contributed by atoms with Gasteiger partial charge in [-0.2, -0.15) is 0 Å². The minimum absolute atomic E-state index is 0.117. The van der Waals surface area contributed by atoms with Gasteiger partial charge in [0.15, 0.2) is 0 Å². The number of benzene rings is 1. The van der Waals surface area contributed by atoms with Crippen molar-refractivity contribution in [1.82, 2.24) is 4.90 Å². The third-order valence-electron chi connectivity index (χ3n) is 3.18. The Morgan fingerprint density at radius 1 is 1.50 bits per heavy atom. The number of nitrogen functional groups attached to an aromatic ring is 1. The number of halogens is 1. The molecule has 2 N–H and O–H groups in total. The van der Waals surface area contributed by atoms with Gasteiger partial charge in [0.2, 0.25) is 0 Å². The summed E-state index contributed by atoms with van der Waals surface area (Å²) in [6.07, 6.45) is 0.234. The fourth-order valence-electron chi connectivity index (χ4n) is 2.67. The van der Waals surface area contributed by atoms with E-state index in [1.165, 1.54) is 0 Å². The van der Waals surface area contributed by atoms with Gasteiger partial charge < -0.3 is 10.5 Å². The van der Waals surface area contributed by atoms with Crippen LogP contribution < -0.4 is 5.73 Å². The molecule has 0 bridgehead atoms. The smallest absolute Gasteiger partial charge is 0.0757 e. The van der Waals surface area contributed by atoms with Crippen molar-refractivity contribution in [3.8, 4) is 0 Å². The molecule has 100 valence electrons. The van der Waals surface area contributed by atoms with E-state index in [1.54, 1.807) is 0 Å². The van der Waals surface area contributed by atoms with Crippen LogP contribution in [-0.2, 0) is 11.3 Å². The molecule has 0 radical (unpaired) electrons. The highest BCUT2D eigenvalue weighted by molar-refractivity contribution is 6.31. The molecule has 1 aliphatic rings. The second kappa shape index (κ2) is 5.08. The summed E-state index contributed by atoms with van der Waals surface area (Å²) in [5.74, 6) is 0. The number of ether oxygens (including phenoxy) is 1. The molecule has 1 heterocycles. The lowest BCUT2D eigenvalue weighted by Gasteiger charge is -2.42. The molecule has 1 unspecified atom stereocenters. The molecule has 2 rings (SSSR count). The Balaban J connectivity index is 2.14. The van der Waals surface area contributed by atoms with Gasteiger partial charge in [-0.15, -0.1) is 0 Å². The quantitative estimate of drug-likeness (QED) is 0.839. The van der Waals surface area contributed by atoms with E-state index in [2.05, 4.69) is 25.7 Å². The van der Waals surface area contributed by atoms with E-state index in [-0.39, 0.29) is 11.7 Å². The van der Waals surface area contributed by atoms with Gasteiger partial charge in [0.25, 0.3) is 0 Å². The summed E-state index contributed by atoms with van der Waals surface area (Å²) < 4.78 is 5.90. The first-order valence-electron chi connectivity index (χ1n) is 6.30. The molecule has 0 amide bonds. The molecule has 0 aromatic heterocycles. The molecule has 1 fully saturated rings. The zero-order chi connectivity index (χ0) is 13.3. The molecule has 18 heavy (non-hydrogen) atoms. The fraction of sp³-hybridized carbons (Fsp3) is 0.571. The number of rotatable bonds is 2. The average Bonchev–Trinajstić information content (AvgIpc) is 2.21. The van der Waals surface area contributed by atoms with E-state index in [1.807, 2.05) is 18.2 Å². The van der Waals surface area contributed by atoms with Gasteiger partial charge in [-0.25, -0.2) is 0 Å². The number of nitrogens with two attached hydrogens (primary N) is 1. The fourth-order valence-corrected chi connectivity index (χ4v) is 2.91. The van der Waals surface area contributed by atoms with Crippen LogP contribution in [0.4, 0.5) is 5.69 Å². The molecular weight excluding hydrogens is 248 g/mol. The summed E-state index contributed by atoms with van der Waals surface area (Å²) in [6.45, 7) is 8.92. The lowest BCUT2D eigenvalue weighted by atomic mass is 10.0. The van der Waals surface area contributed by atoms with Gasteiger partial charge in [0, 0.05) is 35.9 Å². The summed E-state index contributed by atoms with van der Waals surface area (Å²) in [5, 5.41) is 0.743. The maximum absolute atomic E-state index is 6.22. The van der Waals surface area contributed by atoms with Gasteiger partial charge in [0.1, 0.15) is 0 Å². The van der Waals surface area contributed by atoms with Crippen molar-refractivity contribution in [2.24, 2.45) is 0 Å². The first-order chi connectivity index (χ1) is 8.37. The Kier molecular flexibility index (Phi) is 3.85. The van der Waals surface area contributed by atoms with Crippen LogP contribution in [0.15, 0.2) is 18.2 Å². The minimum atomic E-state index is -0.117. The second-order valence-corrected chi connectivity index (χ2v) is 6.07. The van der Waals surface area contributed by atoms with E-state index in [0.717, 1.165) is 35.9 Å². The maximum atomic E-state index is 6.22. The van der Waals surface area contributed by atoms with Gasteiger partial charge in [0.05, 0.1) is 11.7 Å². The molecule has 1 saturated heterocycles. The molecule has 1 aliphatic heterocycles. The first-order valence-corrected chi connectivity index (χ1v) is 6.68. The van der Waals surface area contributed by atoms with E-state index in [0.29, 0.717) is 0 Å². The standard InChI is InChI=1S/C14H21ClN2O/c1-10-7-17(9-14(2,3)18-10)8-11-12(15)5-4-6-13(11)16/h4-6,10H,7-9,16H2,1-3H3. The van der Waals surface area contributed by atoms with E-state index >= 15 is 0 Å². The van der Waals surface area contributed by atoms with Crippen molar-refractivity contribution < 1.29 is 4.74 Å². The number of morpholine rings is 1. The molecule has 4 heteroatoms. The number of nitrogens with zero attached hydrogens (tertiary/aromatic N) is 1. The summed E-state index contributed by atoms with van der Waals surface area (Å²) in [6, 6.07) is 5.67. The monoisotopic (exact) mass is 268 g/mol. The summed E-state index contributed by atoms with van der Waals surface area (Å²) in [7, 11) is 0. The van der Waals surface area contributed by atoms with E-state index in [4.69, 9.17) is 22.1 Å². The minimum Gasteiger partial charge on any atom is -0.398 e. The van der Waals surface area contributed by atoms with Crippen molar-refractivity contribution in [2.45, 2.75) is 39.0 Å². The summed E-state index contributed by atoms with van der Waals surface area (Å²) in [5.41, 5.74) is 7.66. The van der Waals surface area contributed by atoms with Crippen LogP contribution in [0, 0.1) is 0 Å². The topological polar surface area (TPSA) is 38.5 Å². The maximum Gasteiger partial charge on any atom is 0.0757 e. The van der Waals surface area contributed by atoms with Crippen LogP contribution in [0.3, 0.4) is 0 Å². The van der Waals surface area contributed by atoms with Crippen molar-refractivity contribution in [1.29, 1.82) is 0 Å². The van der Waals surface area contributed by atoms with Gasteiger partial charge >= 0.3 is 0 Å². The van der Waals surface area contributed by atoms with Crippen molar-refractivity contribution in [3.63, 3.8) is 0 Å². The van der Waals surface area contributed by atoms with Crippen LogP contribution >= 0.6 is 11.6 Å². The lowest BCUT2D eigenvalue weighted by Crippen LogP contribution is -2.51. The zero-order valence-electron chi connectivity index (χ0n) is 11.2. The van der Waals surface area contributed by atoms with Crippen LogP contribution in [0.5, 0.6) is 0 Å². The molecular formula is C14H21ClN2O. The lowest BCUT2D eigenvalue weighted by molar-refractivity contribution is -0.130. The normalized spacial score (nSPS) is 24.1. The van der Waals surface area contributed by atoms with Gasteiger partial charge in [-0.1, -0.05) is 17.7 Å². The van der Waals surface area contributed by atoms with Crippen LogP contribution in [0.2, 0.25) is 5.02 Å². The molecule has 0 saturated carbocycles. The predicted molar refractivity (Wildman–Crippen MR) is 75.8 cm³/mol. The van der Waals surface area contributed by atoms with E-state index < -0.39 is 0 Å². The molecule has 0 spiro atoms. The Bertz CT molecular complexity index is 414. The largest absolute Gasteiger partial charge is 0.398 e. The average molecular weight is 269 g/mol. The Hall–Kier alpha value is -0.770. The first kappa shape index (κ1) is 13.7. The Labute approximate surface area is 114 Å².